The molecular weight excluding hydrogens is 352 g/mol. The number of nitrogens with zero attached hydrogens (tertiary/aromatic N) is 3. The lowest BCUT2D eigenvalue weighted by atomic mass is 10.2. The monoisotopic (exact) mass is 360 g/mol. The minimum atomic E-state index is -0.788. The second kappa shape index (κ2) is 6.64. The summed E-state index contributed by atoms with van der Waals surface area (Å²) in [5.41, 5.74) is 0.599. The van der Waals surface area contributed by atoms with E-state index in [9.17, 15) is 19.7 Å². The number of carbonyl (C=O) groups is 2. The van der Waals surface area contributed by atoms with E-state index in [1.54, 1.807) is 29.6 Å². The average molecular weight is 360 g/mol. The predicted octanol–water partition coefficient (Wildman–Crippen LogP) is 3.00. The fourth-order valence-electron chi connectivity index (χ4n) is 1.79. The van der Waals surface area contributed by atoms with Gasteiger partial charge in [0.1, 0.15) is 5.01 Å². The van der Waals surface area contributed by atoms with Crippen LogP contribution in [-0.2, 0) is 4.79 Å². The van der Waals surface area contributed by atoms with E-state index in [2.05, 4.69) is 15.5 Å². The lowest BCUT2D eigenvalue weighted by molar-refractivity contribution is -0.384. The van der Waals surface area contributed by atoms with Crippen LogP contribution in [0.25, 0.3) is 10.6 Å². The number of thiophene rings is 1. The second-order valence-corrected chi connectivity index (χ2v) is 6.40. The zero-order chi connectivity index (χ0) is 17.1. The third kappa shape index (κ3) is 3.34. The molecule has 0 aliphatic carbocycles. The zero-order valence-corrected chi connectivity index (χ0v) is 13.5. The van der Waals surface area contributed by atoms with Gasteiger partial charge in [-0.1, -0.05) is 17.4 Å². The van der Waals surface area contributed by atoms with Crippen LogP contribution in [0.15, 0.2) is 41.8 Å². The lowest BCUT2D eigenvalue weighted by Crippen LogP contribution is -2.21. The molecule has 1 amide bonds. The van der Waals surface area contributed by atoms with Crippen LogP contribution in [0, 0.1) is 10.1 Å². The third-order valence-corrected chi connectivity index (χ3v) is 4.68. The number of nitrogens with one attached hydrogen (secondary N) is 1. The number of benzene rings is 1. The normalized spacial score (nSPS) is 10.3. The summed E-state index contributed by atoms with van der Waals surface area (Å²) in [6.07, 6.45) is 0. The minimum Gasteiger partial charge on any atom is -0.293 e. The highest BCUT2D eigenvalue weighted by Gasteiger charge is 2.19. The standard InChI is InChI=1S/C14H8N4O4S2/c19-11(10-2-1-7-23-10)12(20)15-14-17-16-13(24-14)8-3-5-9(6-4-8)18(21)22/h1-7H,(H,15,17,20). The quantitative estimate of drug-likeness (QED) is 0.324. The van der Waals surface area contributed by atoms with Gasteiger partial charge in [-0.25, -0.2) is 0 Å². The van der Waals surface area contributed by atoms with Crippen molar-refractivity contribution < 1.29 is 14.5 Å². The van der Waals surface area contributed by atoms with Gasteiger partial charge in [0.15, 0.2) is 0 Å². The molecule has 0 aliphatic heterocycles. The van der Waals surface area contributed by atoms with Crippen molar-refractivity contribution in [3.05, 3.63) is 56.8 Å². The Morgan fingerprint density at radius 3 is 2.50 bits per heavy atom. The third-order valence-electron chi connectivity index (χ3n) is 2.92. The molecule has 0 aliphatic rings. The maximum atomic E-state index is 11.9. The van der Waals surface area contributed by atoms with Gasteiger partial charge in [0, 0.05) is 17.7 Å². The number of carbonyl (C=O) groups excluding carboxylic acids is 2. The van der Waals surface area contributed by atoms with Crippen molar-refractivity contribution in [2.75, 3.05) is 5.32 Å². The summed E-state index contributed by atoms with van der Waals surface area (Å²) in [5, 5.41) is 23.1. The molecule has 3 rings (SSSR count). The number of amides is 1. The van der Waals surface area contributed by atoms with E-state index in [1.165, 1.54) is 23.5 Å². The van der Waals surface area contributed by atoms with Gasteiger partial charge in [0.25, 0.3) is 17.4 Å². The largest absolute Gasteiger partial charge is 0.299 e. The molecule has 120 valence electrons. The number of anilines is 1. The maximum Gasteiger partial charge on any atom is 0.299 e. The molecule has 1 aromatic carbocycles. The molecule has 24 heavy (non-hydrogen) atoms. The maximum absolute atomic E-state index is 11.9. The van der Waals surface area contributed by atoms with Crippen LogP contribution in [-0.4, -0.2) is 26.8 Å². The van der Waals surface area contributed by atoms with Crippen LogP contribution in [0.1, 0.15) is 9.67 Å². The van der Waals surface area contributed by atoms with Crippen LogP contribution >= 0.6 is 22.7 Å². The van der Waals surface area contributed by atoms with Crippen LogP contribution in [0.4, 0.5) is 10.8 Å². The number of nitro benzene ring substituents is 1. The fraction of sp³-hybridized carbons (Fsp3) is 0. The van der Waals surface area contributed by atoms with Gasteiger partial charge in [-0.3, -0.25) is 25.0 Å². The van der Waals surface area contributed by atoms with Crippen molar-refractivity contribution in [1.82, 2.24) is 10.2 Å². The molecule has 1 N–H and O–H groups in total. The molecule has 0 atom stereocenters. The van der Waals surface area contributed by atoms with Gasteiger partial charge in [-0.15, -0.1) is 21.5 Å². The van der Waals surface area contributed by atoms with Gasteiger partial charge in [0.05, 0.1) is 9.80 Å². The van der Waals surface area contributed by atoms with Gasteiger partial charge in [-0.05, 0) is 23.6 Å². The Morgan fingerprint density at radius 2 is 1.88 bits per heavy atom. The highest BCUT2D eigenvalue weighted by atomic mass is 32.1. The number of Topliss-reactive ketones (excluding diaryl/α,β-unsaturated/α-hetero) is 1. The number of nitro groups is 1. The number of hydrogen-bond acceptors (Lipinski definition) is 8. The first-order valence-corrected chi connectivity index (χ1v) is 8.22. The highest BCUT2D eigenvalue weighted by molar-refractivity contribution is 7.18. The number of hydrogen-bond donors (Lipinski definition) is 1. The van der Waals surface area contributed by atoms with Gasteiger partial charge < -0.3 is 0 Å². The second-order valence-electron chi connectivity index (χ2n) is 4.48. The van der Waals surface area contributed by atoms with Crippen LogP contribution < -0.4 is 5.32 Å². The van der Waals surface area contributed by atoms with Crippen LogP contribution in [0.3, 0.4) is 0 Å². The van der Waals surface area contributed by atoms with Crippen molar-refractivity contribution in [3.63, 3.8) is 0 Å². The molecule has 0 saturated carbocycles. The predicted molar refractivity (Wildman–Crippen MR) is 89.3 cm³/mol. The van der Waals surface area contributed by atoms with Crippen LogP contribution in [0.2, 0.25) is 0 Å². The topological polar surface area (TPSA) is 115 Å². The number of ketones is 1. The highest BCUT2D eigenvalue weighted by Crippen LogP contribution is 2.27. The molecule has 2 heterocycles. The number of non-ortho nitro benzene ring substituents is 1. The molecule has 0 fully saturated rings. The Labute approximate surface area is 142 Å². The van der Waals surface area contributed by atoms with E-state index in [4.69, 9.17) is 0 Å². The summed E-state index contributed by atoms with van der Waals surface area (Å²) in [7, 11) is 0. The van der Waals surface area contributed by atoms with E-state index in [0.717, 1.165) is 11.3 Å². The Hall–Kier alpha value is -2.98. The molecule has 0 bridgehead atoms. The Kier molecular flexibility index (Phi) is 4.40. The van der Waals surface area contributed by atoms with E-state index < -0.39 is 16.6 Å². The number of aromatic nitrogens is 2. The molecule has 2 aromatic heterocycles. The van der Waals surface area contributed by atoms with Gasteiger partial charge in [-0.2, -0.15) is 0 Å². The fourth-order valence-corrected chi connectivity index (χ4v) is 3.19. The summed E-state index contributed by atoms with van der Waals surface area (Å²) in [5.74, 6) is -1.43. The summed E-state index contributed by atoms with van der Waals surface area (Å²) in [6.45, 7) is 0. The molecule has 10 heteroatoms. The first-order chi connectivity index (χ1) is 11.5. The molecular formula is C14H8N4O4S2. The molecule has 0 spiro atoms. The van der Waals surface area contributed by atoms with Crippen molar-refractivity contribution in [2.45, 2.75) is 0 Å². The van der Waals surface area contributed by atoms with Crippen LogP contribution in [0.5, 0.6) is 0 Å². The smallest absolute Gasteiger partial charge is 0.293 e. The summed E-state index contributed by atoms with van der Waals surface area (Å²) >= 11 is 2.25. The lowest BCUT2D eigenvalue weighted by Gasteiger charge is -1.97. The Morgan fingerprint density at radius 1 is 1.12 bits per heavy atom. The Bertz CT molecular complexity index is 903. The first kappa shape index (κ1) is 15.9. The van der Waals surface area contributed by atoms with Crippen molar-refractivity contribution >= 4 is 45.2 Å². The van der Waals surface area contributed by atoms with Crippen molar-refractivity contribution in [2.24, 2.45) is 0 Å². The van der Waals surface area contributed by atoms with Gasteiger partial charge in [0.2, 0.25) is 5.13 Å². The van der Waals surface area contributed by atoms with Crippen molar-refractivity contribution in [3.8, 4) is 10.6 Å². The summed E-state index contributed by atoms with van der Waals surface area (Å²) in [6, 6.07) is 9.05. The van der Waals surface area contributed by atoms with E-state index in [0.29, 0.717) is 15.4 Å². The van der Waals surface area contributed by atoms with E-state index in [-0.39, 0.29) is 10.8 Å². The van der Waals surface area contributed by atoms with E-state index >= 15 is 0 Å². The molecule has 8 nitrogen and oxygen atoms in total. The molecule has 0 saturated heterocycles. The molecule has 0 unspecified atom stereocenters. The van der Waals surface area contributed by atoms with Crippen molar-refractivity contribution in [1.29, 1.82) is 0 Å². The first-order valence-electron chi connectivity index (χ1n) is 6.52. The SMILES string of the molecule is O=C(Nc1nnc(-c2ccc([N+](=O)[O-])cc2)s1)C(=O)c1cccs1. The van der Waals surface area contributed by atoms with E-state index in [1.807, 2.05) is 0 Å². The number of rotatable bonds is 5. The minimum absolute atomic E-state index is 0.0293. The molecule has 0 radical (unpaired) electrons. The zero-order valence-electron chi connectivity index (χ0n) is 11.8. The summed E-state index contributed by atoms with van der Waals surface area (Å²) in [4.78, 5) is 34.2. The molecule has 3 aromatic rings. The van der Waals surface area contributed by atoms with Gasteiger partial charge >= 0.3 is 0 Å². The Balaban J connectivity index is 1.72. The summed E-state index contributed by atoms with van der Waals surface area (Å²) < 4.78 is 0. The average Bonchev–Trinajstić information content (AvgIpc) is 3.26.